The van der Waals surface area contributed by atoms with E-state index in [1.807, 2.05) is 44.2 Å². The SMILES string of the molecule is CC(C)NC(=O)c1cn(SF)c2ncc(-c3nccc4ccccc34)nc12. The molecule has 0 spiro atoms. The number of carbonyl (C=O) groups is 1. The van der Waals surface area contributed by atoms with E-state index < -0.39 is 0 Å². The number of nitrogens with one attached hydrogen (secondary N) is 1. The first-order chi connectivity index (χ1) is 13.1. The van der Waals surface area contributed by atoms with Crippen LogP contribution in [0.5, 0.6) is 0 Å². The second kappa shape index (κ2) is 6.96. The Morgan fingerprint density at radius 2 is 2.04 bits per heavy atom. The monoisotopic (exact) mass is 381 g/mol. The predicted octanol–water partition coefficient (Wildman–Crippen LogP) is 4.17. The average molecular weight is 381 g/mol. The number of hydrogen-bond donors (Lipinski definition) is 1. The van der Waals surface area contributed by atoms with Gasteiger partial charge in [0.15, 0.2) is 18.0 Å². The van der Waals surface area contributed by atoms with Gasteiger partial charge >= 0.3 is 0 Å². The molecule has 0 radical (unpaired) electrons. The first kappa shape index (κ1) is 17.4. The smallest absolute Gasteiger partial charge is 0.255 e. The van der Waals surface area contributed by atoms with Crippen molar-refractivity contribution in [1.29, 1.82) is 0 Å². The molecule has 0 bridgehead atoms. The Labute approximate surface area is 159 Å². The summed E-state index contributed by atoms with van der Waals surface area (Å²) in [6, 6.07) is 9.70. The molecule has 0 saturated carbocycles. The minimum Gasteiger partial charge on any atom is -0.350 e. The van der Waals surface area contributed by atoms with Crippen LogP contribution in [-0.4, -0.2) is 30.9 Å². The van der Waals surface area contributed by atoms with Crippen LogP contribution in [0.4, 0.5) is 3.89 Å². The Morgan fingerprint density at radius 1 is 1.22 bits per heavy atom. The first-order valence-electron chi connectivity index (χ1n) is 8.40. The maximum absolute atomic E-state index is 13.3. The Balaban J connectivity index is 1.92. The highest BCUT2D eigenvalue weighted by molar-refractivity contribution is 7.92. The van der Waals surface area contributed by atoms with E-state index in [0.29, 0.717) is 22.6 Å². The summed E-state index contributed by atoms with van der Waals surface area (Å²) in [5, 5.41) is 4.77. The van der Waals surface area contributed by atoms with Crippen molar-refractivity contribution in [1.82, 2.24) is 24.2 Å². The van der Waals surface area contributed by atoms with Crippen LogP contribution in [0.1, 0.15) is 24.2 Å². The molecule has 0 fully saturated rings. The van der Waals surface area contributed by atoms with Crippen molar-refractivity contribution in [2.24, 2.45) is 0 Å². The van der Waals surface area contributed by atoms with Crippen LogP contribution in [0.25, 0.3) is 33.3 Å². The Hall–Kier alpha value is -3.00. The third kappa shape index (κ3) is 3.12. The highest BCUT2D eigenvalue weighted by Gasteiger charge is 2.20. The number of hydrogen-bond acceptors (Lipinski definition) is 5. The summed E-state index contributed by atoms with van der Waals surface area (Å²) in [4.78, 5) is 25.9. The van der Waals surface area contributed by atoms with E-state index in [2.05, 4.69) is 20.3 Å². The minimum absolute atomic E-state index is 0.0218. The molecule has 0 saturated heterocycles. The van der Waals surface area contributed by atoms with Crippen molar-refractivity contribution in [3.05, 3.63) is 54.5 Å². The normalized spacial score (nSPS) is 11.4. The third-order valence-corrected chi connectivity index (χ3v) is 4.55. The van der Waals surface area contributed by atoms with Crippen LogP contribution >= 0.6 is 12.3 Å². The molecule has 4 aromatic rings. The first-order valence-corrected chi connectivity index (χ1v) is 9.08. The molecule has 27 heavy (non-hydrogen) atoms. The Kier molecular flexibility index (Phi) is 4.49. The standard InChI is InChI=1S/C19H16FN5OS/c1-11(2)23-19(26)14-10-25(27-20)18-17(14)24-15(9-22-18)16-13-6-4-3-5-12(13)7-8-21-16/h3-11H,1-2H3,(H,23,26). The van der Waals surface area contributed by atoms with Gasteiger partial charge < -0.3 is 5.32 Å². The molecule has 1 aromatic carbocycles. The lowest BCUT2D eigenvalue weighted by Gasteiger charge is -2.07. The maximum atomic E-state index is 13.3. The topological polar surface area (TPSA) is 72.7 Å². The van der Waals surface area contributed by atoms with Gasteiger partial charge in [0.25, 0.3) is 5.91 Å². The van der Waals surface area contributed by atoms with E-state index >= 15 is 0 Å². The summed E-state index contributed by atoms with van der Waals surface area (Å²) >= 11 is -0.0218. The van der Waals surface area contributed by atoms with Crippen LogP contribution in [0.15, 0.2) is 48.9 Å². The number of amides is 1. The van der Waals surface area contributed by atoms with Gasteiger partial charge in [-0.1, -0.05) is 24.3 Å². The lowest BCUT2D eigenvalue weighted by molar-refractivity contribution is 0.0944. The molecule has 3 heterocycles. The van der Waals surface area contributed by atoms with Crippen LogP contribution < -0.4 is 5.32 Å². The largest absolute Gasteiger partial charge is 0.350 e. The molecule has 0 aliphatic carbocycles. The summed E-state index contributed by atoms with van der Waals surface area (Å²) in [5.74, 6) is -0.319. The molecule has 4 rings (SSSR count). The number of pyridine rings is 1. The lowest BCUT2D eigenvalue weighted by Crippen LogP contribution is -2.30. The highest BCUT2D eigenvalue weighted by atomic mass is 32.2. The molecular formula is C19H16FN5OS. The predicted molar refractivity (Wildman–Crippen MR) is 105 cm³/mol. The van der Waals surface area contributed by atoms with E-state index in [1.54, 1.807) is 12.4 Å². The van der Waals surface area contributed by atoms with Crippen molar-refractivity contribution in [2.75, 3.05) is 0 Å². The van der Waals surface area contributed by atoms with Crippen molar-refractivity contribution < 1.29 is 8.68 Å². The van der Waals surface area contributed by atoms with Gasteiger partial charge in [-0.25, -0.2) is 13.9 Å². The zero-order chi connectivity index (χ0) is 19.0. The molecule has 1 N–H and O–H groups in total. The molecule has 3 aromatic heterocycles. The number of aromatic nitrogens is 4. The lowest BCUT2D eigenvalue weighted by atomic mass is 10.1. The van der Waals surface area contributed by atoms with Gasteiger partial charge in [-0.15, -0.1) is 3.89 Å². The zero-order valence-corrected chi connectivity index (χ0v) is 15.5. The molecule has 6 nitrogen and oxygen atoms in total. The van der Waals surface area contributed by atoms with Crippen LogP contribution in [0, 0.1) is 0 Å². The van der Waals surface area contributed by atoms with Crippen LogP contribution in [-0.2, 0) is 0 Å². The van der Waals surface area contributed by atoms with E-state index in [-0.39, 0.29) is 29.8 Å². The van der Waals surface area contributed by atoms with Gasteiger partial charge in [-0.05, 0) is 25.3 Å². The van der Waals surface area contributed by atoms with Gasteiger partial charge in [-0.2, -0.15) is 0 Å². The van der Waals surface area contributed by atoms with Gasteiger partial charge in [0.05, 0.1) is 17.5 Å². The summed E-state index contributed by atoms with van der Waals surface area (Å²) in [6.45, 7) is 3.72. The Bertz CT molecular complexity index is 1150. The number of rotatable bonds is 4. The van der Waals surface area contributed by atoms with Crippen molar-refractivity contribution in [2.45, 2.75) is 19.9 Å². The number of benzene rings is 1. The number of carbonyl (C=O) groups excluding carboxylic acids is 1. The molecule has 0 aliphatic rings. The summed E-state index contributed by atoms with van der Waals surface area (Å²) in [6.07, 6.45) is 4.67. The molecule has 136 valence electrons. The minimum atomic E-state index is -0.319. The quantitative estimate of drug-likeness (QED) is 0.574. The van der Waals surface area contributed by atoms with E-state index in [9.17, 15) is 8.68 Å². The number of halogens is 1. The fourth-order valence-electron chi connectivity index (χ4n) is 2.96. The van der Waals surface area contributed by atoms with E-state index in [0.717, 1.165) is 10.8 Å². The van der Waals surface area contributed by atoms with E-state index in [4.69, 9.17) is 0 Å². The number of fused-ring (bicyclic) bond motifs is 2. The molecular weight excluding hydrogens is 365 g/mol. The molecule has 0 atom stereocenters. The fraction of sp³-hybridized carbons (Fsp3) is 0.158. The molecule has 0 unspecified atom stereocenters. The second-order valence-corrected chi connectivity index (χ2v) is 6.91. The molecule has 0 aliphatic heterocycles. The van der Waals surface area contributed by atoms with Gasteiger partial charge in [0.2, 0.25) is 0 Å². The van der Waals surface area contributed by atoms with Crippen LogP contribution in [0.2, 0.25) is 0 Å². The maximum Gasteiger partial charge on any atom is 0.255 e. The number of nitrogens with zero attached hydrogens (tertiary/aromatic N) is 4. The van der Waals surface area contributed by atoms with E-state index in [1.165, 1.54) is 10.2 Å². The second-order valence-electron chi connectivity index (χ2n) is 6.37. The van der Waals surface area contributed by atoms with Gasteiger partial charge in [-0.3, -0.25) is 9.78 Å². The summed E-state index contributed by atoms with van der Waals surface area (Å²) in [7, 11) is 0. The van der Waals surface area contributed by atoms with Gasteiger partial charge in [0.1, 0.15) is 11.2 Å². The van der Waals surface area contributed by atoms with Crippen molar-refractivity contribution >= 4 is 40.2 Å². The van der Waals surface area contributed by atoms with Crippen LogP contribution in [0.3, 0.4) is 0 Å². The molecule has 8 heteroatoms. The third-order valence-electron chi connectivity index (χ3n) is 4.12. The highest BCUT2D eigenvalue weighted by Crippen LogP contribution is 2.28. The van der Waals surface area contributed by atoms with Gasteiger partial charge in [0, 0.05) is 23.8 Å². The average Bonchev–Trinajstić information content (AvgIpc) is 3.05. The zero-order valence-electron chi connectivity index (χ0n) is 14.7. The Morgan fingerprint density at radius 3 is 2.81 bits per heavy atom. The fourth-order valence-corrected chi connectivity index (χ4v) is 3.31. The summed E-state index contributed by atoms with van der Waals surface area (Å²) in [5.41, 5.74) is 2.10. The summed E-state index contributed by atoms with van der Waals surface area (Å²) < 4.78 is 14.5. The molecule has 1 amide bonds. The van der Waals surface area contributed by atoms with Crippen molar-refractivity contribution in [3.8, 4) is 11.4 Å². The van der Waals surface area contributed by atoms with Crippen molar-refractivity contribution in [3.63, 3.8) is 0 Å².